The molecule has 1 fully saturated rings. The number of benzene rings is 1. The Balaban J connectivity index is 1.86. The van der Waals surface area contributed by atoms with Crippen molar-refractivity contribution in [2.24, 2.45) is 0 Å². The van der Waals surface area contributed by atoms with Crippen LogP contribution in [0, 0.1) is 0 Å². The molecule has 1 N–H and O–H groups in total. The van der Waals surface area contributed by atoms with Crippen LogP contribution in [-0.4, -0.2) is 35.7 Å². The van der Waals surface area contributed by atoms with Gasteiger partial charge in [-0.2, -0.15) is 0 Å². The summed E-state index contributed by atoms with van der Waals surface area (Å²) in [7, 11) is 1.66. The predicted octanol–water partition coefficient (Wildman–Crippen LogP) is 2.52. The summed E-state index contributed by atoms with van der Waals surface area (Å²) >= 11 is 0. The van der Waals surface area contributed by atoms with Crippen molar-refractivity contribution in [3.8, 4) is 5.75 Å². The molecular formula is C15H21NO3. The van der Waals surface area contributed by atoms with Crippen LogP contribution in [0.15, 0.2) is 24.3 Å². The van der Waals surface area contributed by atoms with E-state index in [0.717, 1.165) is 25.3 Å². The van der Waals surface area contributed by atoms with Gasteiger partial charge in [0.2, 0.25) is 0 Å². The van der Waals surface area contributed by atoms with Gasteiger partial charge in [-0.05, 0) is 43.5 Å². The molecule has 0 atom stereocenters. The summed E-state index contributed by atoms with van der Waals surface area (Å²) < 4.78 is 5.15. The number of hydrogen-bond donors (Lipinski definition) is 1. The number of carboxylic acids is 1. The smallest absolute Gasteiger partial charge is 0.303 e. The molecule has 0 aliphatic heterocycles. The van der Waals surface area contributed by atoms with Gasteiger partial charge in [-0.3, -0.25) is 9.69 Å². The summed E-state index contributed by atoms with van der Waals surface area (Å²) in [6.07, 6.45) is 3.46. The molecule has 1 aliphatic rings. The molecule has 0 saturated heterocycles. The molecule has 1 saturated carbocycles. The normalized spacial score (nSPS) is 14.6. The maximum Gasteiger partial charge on any atom is 0.303 e. The molecule has 0 bridgehead atoms. The van der Waals surface area contributed by atoms with Gasteiger partial charge in [-0.1, -0.05) is 12.1 Å². The van der Waals surface area contributed by atoms with E-state index in [1.165, 1.54) is 18.4 Å². The van der Waals surface area contributed by atoms with Crippen molar-refractivity contribution in [1.29, 1.82) is 0 Å². The molecule has 2 rings (SSSR count). The summed E-state index contributed by atoms with van der Waals surface area (Å²) in [5, 5.41) is 8.70. The molecule has 0 spiro atoms. The van der Waals surface area contributed by atoms with Crippen molar-refractivity contribution < 1.29 is 14.6 Å². The second-order valence-corrected chi connectivity index (χ2v) is 5.05. The molecule has 0 aromatic heterocycles. The Kier molecular flexibility index (Phi) is 4.80. The second-order valence-electron chi connectivity index (χ2n) is 5.05. The quantitative estimate of drug-likeness (QED) is 0.783. The molecule has 0 unspecified atom stereocenters. The highest BCUT2D eigenvalue weighted by molar-refractivity contribution is 5.66. The maximum atomic E-state index is 10.6. The first-order valence-electron chi connectivity index (χ1n) is 6.78. The first kappa shape index (κ1) is 13.9. The van der Waals surface area contributed by atoms with Crippen LogP contribution in [0.3, 0.4) is 0 Å². The van der Waals surface area contributed by atoms with Gasteiger partial charge in [0.05, 0.1) is 7.11 Å². The van der Waals surface area contributed by atoms with Crippen molar-refractivity contribution in [3.63, 3.8) is 0 Å². The highest BCUT2D eigenvalue weighted by Gasteiger charge is 2.28. The number of methoxy groups -OCH3 is 1. The molecule has 104 valence electrons. The van der Waals surface area contributed by atoms with Gasteiger partial charge in [0.15, 0.2) is 0 Å². The molecule has 4 heteroatoms. The lowest BCUT2D eigenvalue weighted by molar-refractivity contribution is -0.137. The molecule has 19 heavy (non-hydrogen) atoms. The van der Waals surface area contributed by atoms with E-state index < -0.39 is 5.97 Å². The van der Waals surface area contributed by atoms with E-state index in [4.69, 9.17) is 9.84 Å². The molecule has 0 amide bonds. The maximum absolute atomic E-state index is 10.6. The first-order chi connectivity index (χ1) is 9.19. The first-order valence-corrected chi connectivity index (χ1v) is 6.78. The topological polar surface area (TPSA) is 49.8 Å². The summed E-state index contributed by atoms with van der Waals surface area (Å²) in [6.45, 7) is 1.76. The van der Waals surface area contributed by atoms with Crippen LogP contribution < -0.4 is 4.74 Å². The van der Waals surface area contributed by atoms with E-state index in [1.807, 2.05) is 12.1 Å². The third-order valence-corrected chi connectivity index (χ3v) is 3.44. The molecular weight excluding hydrogens is 242 g/mol. The van der Waals surface area contributed by atoms with Crippen molar-refractivity contribution in [3.05, 3.63) is 29.8 Å². The monoisotopic (exact) mass is 263 g/mol. The average Bonchev–Trinajstić information content (AvgIpc) is 3.22. The lowest BCUT2D eigenvalue weighted by atomic mass is 10.2. The van der Waals surface area contributed by atoms with Crippen LogP contribution in [0.25, 0.3) is 0 Å². The average molecular weight is 263 g/mol. The van der Waals surface area contributed by atoms with Gasteiger partial charge in [0.25, 0.3) is 0 Å². The number of rotatable bonds is 8. The van der Waals surface area contributed by atoms with Gasteiger partial charge >= 0.3 is 5.97 Å². The summed E-state index contributed by atoms with van der Waals surface area (Å²) in [4.78, 5) is 13.0. The Labute approximate surface area is 114 Å². The minimum atomic E-state index is -0.708. The van der Waals surface area contributed by atoms with Gasteiger partial charge in [0.1, 0.15) is 5.75 Å². The zero-order valence-corrected chi connectivity index (χ0v) is 11.3. The highest BCUT2D eigenvalue weighted by atomic mass is 16.5. The van der Waals surface area contributed by atoms with Crippen LogP contribution in [-0.2, 0) is 11.3 Å². The molecule has 1 aromatic carbocycles. The van der Waals surface area contributed by atoms with E-state index >= 15 is 0 Å². The number of ether oxygens (including phenoxy) is 1. The van der Waals surface area contributed by atoms with E-state index in [9.17, 15) is 4.79 Å². The van der Waals surface area contributed by atoms with Crippen molar-refractivity contribution in [1.82, 2.24) is 4.90 Å². The third kappa shape index (κ3) is 4.56. The summed E-state index contributed by atoms with van der Waals surface area (Å²) in [5.41, 5.74) is 1.25. The van der Waals surface area contributed by atoms with Crippen molar-refractivity contribution in [2.45, 2.75) is 38.3 Å². The zero-order chi connectivity index (χ0) is 13.7. The summed E-state index contributed by atoms with van der Waals surface area (Å²) in [6, 6.07) is 8.74. The van der Waals surface area contributed by atoms with Crippen LogP contribution in [0.5, 0.6) is 5.75 Å². The minimum Gasteiger partial charge on any atom is -0.497 e. The van der Waals surface area contributed by atoms with Crippen molar-refractivity contribution >= 4 is 5.97 Å². The number of carbonyl (C=O) groups is 1. The number of aliphatic carboxylic acids is 1. The fraction of sp³-hybridized carbons (Fsp3) is 0.533. The van der Waals surface area contributed by atoms with Crippen LogP contribution >= 0.6 is 0 Å². The third-order valence-electron chi connectivity index (χ3n) is 3.44. The van der Waals surface area contributed by atoms with Crippen LogP contribution in [0.4, 0.5) is 0 Å². The van der Waals surface area contributed by atoms with Crippen LogP contribution in [0.2, 0.25) is 0 Å². The number of nitrogens with zero attached hydrogens (tertiary/aromatic N) is 1. The van der Waals surface area contributed by atoms with Gasteiger partial charge in [0, 0.05) is 19.0 Å². The van der Waals surface area contributed by atoms with Gasteiger partial charge in [-0.15, -0.1) is 0 Å². The zero-order valence-electron chi connectivity index (χ0n) is 11.3. The van der Waals surface area contributed by atoms with E-state index in [2.05, 4.69) is 17.0 Å². The fourth-order valence-corrected chi connectivity index (χ4v) is 2.23. The Morgan fingerprint density at radius 3 is 2.58 bits per heavy atom. The molecule has 0 radical (unpaired) electrons. The Morgan fingerprint density at radius 2 is 2.05 bits per heavy atom. The Bertz CT molecular complexity index is 412. The van der Waals surface area contributed by atoms with Crippen LogP contribution in [0.1, 0.15) is 31.2 Å². The molecule has 0 heterocycles. The SMILES string of the molecule is COc1ccc(CN(CCCC(=O)O)C2CC2)cc1. The van der Waals surface area contributed by atoms with E-state index in [0.29, 0.717) is 6.04 Å². The van der Waals surface area contributed by atoms with E-state index in [1.54, 1.807) is 7.11 Å². The predicted molar refractivity (Wildman–Crippen MR) is 73.3 cm³/mol. The number of hydrogen-bond acceptors (Lipinski definition) is 3. The standard InChI is InChI=1S/C15H21NO3/c1-19-14-8-4-12(5-9-14)11-16(13-6-7-13)10-2-3-15(17)18/h4-5,8-9,13H,2-3,6-7,10-11H2,1H3,(H,17,18). The van der Waals surface area contributed by atoms with Gasteiger partial charge in [-0.25, -0.2) is 0 Å². The summed E-state index contributed by atoms with van der Waals surface area (Å²) in [5.74, 6) is 0.160. The highest BCUT2D eigenvalue weighted by Crippen LogP contribution is 2.28. The second kappa shape index (κ2) is 6.57. The van der Waals surface area contributed by atoms with E-state index in [-0.39, 0.29) is 6.42 Å². The Hall–Kier alpha value is -1.55. The minimum absolute atomic E-state index is 0.256. The number of carboxylic acid groups (broad SMARTS) is 1. The Morgan fingerprint density at radius 1 is 1.37 bits per heavy atom. The molecule has 1 aliphatic carbocycles. The molecule has 1 aromatic rings. The van der Waals surface area contributed by atoms with Crippen molar-refractivity contribution in [2.75, 3.05) is 13.7 Å². The lowest BCUT2D eigenvalue weighted by Gasteiger charge is -2.21. The fourth-order valence-electron chi connectivity index (χ4n) is 2.23. The molecule has 4 nitrogen and oxygen atoms in total. The lowest BCUT2D eigenvalue weighted by Crippen LogP contribution is -2.27. The largest absolute Gasteiger partial charge is 0.497 e. The van der Waals surface area contributed by atoms with Gasteiger partial charge < -0.3 is 9.84 Å².